The number of amides is 1. The van der Waals surface area contributed by atoms with E-state index in [2.05, 4.69) is 10.3 Å². The zero-order valence-corrected chi connectivity index (χ0v) is 13.2. The van der Waals surface area contributed by atoms with Crippen molar-refractivity contribution >= 4 is 28.6 Å². The minimum Gasteiger partial charge on any atom is -0.385 e. The van der Waals surface area contributed by atoms with Crippen LogP contribution >= 0.6 is 22.7 Å². The highest BCUT2D eigenvalue weighted by Crippen LogP contribution is 2.26. The number of aromatic nitrogens is 1. The number of hydrogen-bond acceptors (Lipinski definition) is 6. The summed E-state index contributed by atoms with van der Waals surface area (Å²) < 4.78 is 5.35. The predicted molar refractivity (Wildman–Crippen MR) is 82.7 cm³/mol. The Morgan fingerprint density at radius 1 is 1.62 bits per heavy atom. The maximum absolute atomic E-state index is 12.1. The number of nitrogens with one attached hydrogen (secondary N) is 1. The van der Waals surface area contributed by atoms with Gasteiger partial charge < -0.3 is 15.2 Å². The molecule has 2 aromatic heterocycles. The van der Waals surface area contributed by atoms with Crippen molar-refractivity contribution in [3.05, 3.63) is 27.9 Å². The fourth-order valence-electron chi connectivity index (χ4n) is 2.22. The Morgan fingerprint density at radius 3 is 3.14 bits per heavy atom. The molecule has 0 bridgehead atoms. The standard InChI is InChI=1S/C14H16N2O3S2/c1-9-14(18,3-4-19-9)8-15-12(17)11-7-21-13(16-11)10-2-5-20-6-10/h2,5-7,9,18H,3-4,8H2,1H3,(H,15,17). The average Bonchev–Trinajstić information content (AvgIpc) is 3.18. The lowest BCUT2D eigenvalue weighted by atomic mass is 9.97. The molecule has 1 saturated heterocycles. The molecule has 2 unspecified atom stereocenters. The maximum Gasteiger partial charge on any atom is 0.270 e. The lowest BCUT2D eigenvalue weighted by Gasteiger charge is -2.25. The van der Waals surface area contributed by atoms with E-state index < -0.39 is 5.60 Å². The van der Waals surface area contributed by atoms with Crippen LogP contribution in [0.5, 0.6) is 0 Å². The predicted octanol–water partition coefficient (Wildman–Crippen LogP) is 2.14. The van der Waals surface area contributed by atoms with E-state index in [1.54, 1.807) is 16.7 Å². The molecule has 1 aliphatic rings. The molecular weight excluding hydrogens is 308 g/mol. The van der Waals surface area contributed by atoms with Crippen molar-refractivity contribution in [3.63, 3.8) is 0 Å². The van der Waals surface area contributed by atoms with Crippen LogP contribution in [-0.4, -0.2) is 40.9 Å². The van der Waals surface area contributed by atoms with E-state index in [0.29, 0.717) is 18.7 Å². The molecule has 3 heterocycles. The first-order valence-electron chi connectivity index (χ1n) is 6.69. The lowest BCUT2D eigenvalue weighted by Crippen LogP contribution is -2.47. The van der Waals surface area contributed by atoms with E-state index in [9.17, 15) is 9.90 Å². The van der Waals surface area contributed by atoms with Gasteiger partial charge in [0.25, 0.3) is 5.91 Å². The summed E-state index contributed by atoms with van der Waals surface area (Å²) in [5, 5.41) is 19.7. The molecule has 2 atom stereocenters. The van der Waals surface area contributed by atoms with E-state index in [4.69, 9.17) is 4.74 Å². The molecule has 5 nitrogen and oxygen atoms in total. The second kappa shape index (κ2) is 5.84. The number of carbonyl (C=O) groups is 1. The van der Waals surface area contributed by atoms with Gasteiger partial charge >= 0.3 is 0 Å². The third kappa shape index (κ3) is 3.01. The minimum atomic E-state index is -0.984. The van der Waals surface area contributed by atoms with E-state index in [-0.39, 0.29) is 18.6 Å². The number of aliphatic hydroxyl groups is 1. The van der Waals surface area contributed by atoms with Gasteiger partial charge in [-0.05, 0) is 18.4 Å². The SMILES string of the molecule is CC1OCCC1(O)CNC(=O)c1csc(-c2ccsc2)n1. The molecule has 1 aliphatic heterocycles. The number of thiazole rings is 1. The van der Waals surface area contributed by atoms with Gasteiger partial charge in [-0.2, -0.15) is 11.3 Å². The zero-order chi connectivity index (χ0) is 14.9. The molecule has 21 heavy (non-hydrogen) atoms. The van der Waals surface area contributed by atoms with Gasteiger partial charge in [0.1, 0.15) is 16.3 Å². The van der Waals surface area contributed by atoms with Gasteiger partial charge in [-0.3, -0.25) is 4.79 Å². The minimum absolute atomic E-state index is 0.179. The monoisotopic (exact) mass is 324 g/mol. The van der Waals surface area contributed by atoms with Crippen LogP contribution in [0, 0.1) is 0 Å². The van der Waals surface area contributed by atoms with Crippen LogP contribution in [0.15, 0.2) is 22.2 Å². The fraction of sp³-hybridized carbons (Fsp3) is 0.429. The van der Waals surface area contributed by atoms with Gasteiger partial charge in [-0.15, -0.1) is 11.3 Å². The summed E-state index contributed by atoms with van der Waals surface area (Å²) in [6, 6.07) is 1.98. The first-order valence-corrected chi connectivity index (χ1v) is 8.51. The van der Waals surface area contributed by atoms with Crippen LogP contribution in [0.3, 0.4) is 0 Å². The van der Waals surface area contributed by atoms with Crippen LogP contribution in [0.1, 0.15) is 23.8 Å². The summed E-state index contributed by atoms with van der Waals surface area (Å²) in [5.41, 5.74) is 0.430. The van der Waals surface area contributed by atoms with Crippen LogP contribution in [0.4, 0.5) is 0 Å². The van der Waals surface area contributed by atoms with Gasteiger partial charge in [0.2, 0.25) is 0 Å². The largest absolute Gasteiger partial charge is 0.385 e. The van der Waals surface area contributed by atoms with Crippen molar-refractivity contribution in [3.8, 4) is 10.6 Å². The summed E-state index contributed by atoms with van der Waals surface area (Å²) in [5.74, 6) is -0.264. The topological polar surface area (TPSA) is 71.5 Å². The van der Waals surface area contributed by atoms with Crippen LogP contribution < -0.4 is 5.32 Å². The Morgan fingerprint density at radius 2 is 2.48 bits per heavy atom. The quantitative estimate of drug-likeness (QED) is 0.904. The van der Waals surface area contributed by atoms with E-state index in [1.165, 1.54) is 11.3 Å². The molecule has 1 amide bonds. The lowest BCUT2D eigenvalue weighted by molar-refractivity contribution is -0.0251. The first-order chi connectivity index (χ1) is 10.1. The van der Waals surface area contributed by atoms with Crippen molar-refractivity contribution in [2.24, 2.45) is 0 Å². The second-order valence-corrected chi connectivity index (χ2v) is 6.74. The number of hydrogen-bond donors (Lipinski definition) is 2. The molecule has 7 heteroatoms. The molecular formula is C14H16N2O3S2. The zero-order valence-electron chi connectivity index (χ0n) is 11.5. The van der Waals surface area contributed by atoms with E-state index in [0.717, 1.165) is 10.6 Å². The maximum atomic E-state index is 12.1. The highest BCUT2D eigenvalue weighted by atomic mass is 32.1. The third-order valence-corrected chi connectivity index (χ3v) is 5.29. The average molecular weight is 324 g/mol. The van der Waals surface area contributed by atoms with Crippen LogP contribution in [0.25, 0.3) is 10.6 Å². The Hall–Kier alpha value is -1.28. The summed E-state index contributed by atoms with van der Waals surface area (Å²) >= 11 is 3.04. The van der Waals surface area contributed by atoms with E-state index in [1.807, 2.05) is 23.8 Å². The molecule has 1 fully saturated rings. The van der Waals surface area contributed by atoms with Crippen molar-refractivity contribution in [2.45, 2.75) is 25.0 Å². The van der Waals surface area contributed by atoms with Crippen molar-refractivity contribution < 1.29 is 14.6 Å². The number of carbonyl (C=O) groups excluding carboxylic acids is 1. The molecule has 0 aliphatic carbocycles. The Bertz CT molecular complexity index is 626. The Balaban J connectivity index is 1.64. The molecule has 0 aromatic carbocycles. The third-order valence-electron chi connectivity index (χ3n) is 3.72. The molecule has 0 spiro atoms. The summed E-state index contributed by atoms with van der Waals surface area (Å²) in [7, 11) is 0. The van der Waals surface area contributed by atoms with Gasteiger partial charge in [0.15, 0.2) is 0 Å². The molecule has 3 rings (SSSR count). The van der Waals surface area contributed by atoms with Crippen LogP contribution in [0.2, 0.25) is 0 Å². The molecule has 0 radical (unpaired) electrons. The highest BCUT2D eigenvalue weighted by molar-refractivity contribution is 7.14. The number of rotatable bonds is 4. The number of ether oxygens (including phenoxy) is 1. The van der Waals surface area contributed by atoms with Crippen molar-refractivity contribution in [1.29, 1.82) is 0 Å². The Labute approximate surface area is 130 Å². The number of nitrogens with zero attached hydrogens (tertiary/aromatic N) is 1. The normalized spacial score (nSPS) is 25.1. The summed E-state index contributed by atoms with van der Waals surface area (Å²) in [4.78, 5) is 16.5. The van der Waals surface area contributed by atoms with Crippen LogP contribution in [-0.2, 0) is 4.74 Å². The fourth-order valence-corrected chi connectivity index (χ4v) is 3.74. The van der Waals surface area contributed by atoms with Crippen molar-refractivity contribution in [2.75, 3.05) is 13.2 Å². The number of thiophene rings is 1. The van der Waals surface area contributed by atoms with Gasteiger partial charge in [-0.25, -0.2) is 4.98 Å². The molecule has 0 saturated carbocycles. The molecule has 2 N–H and O–H groups in total. The van der Waals surface area contributed by atoms with Gasteiger partial charge in [-0.1, -0.05) is 0 Å². The van der Waals surface area contributed by atoms with Gasteiger partial charge in [0, 0.05) is 35.9 Å². The van der Waals surface area contributed by atoms with Gasteiger partial charge in [0.05, 0.1) is 6.10 Å². The summed E-state index contributed by atoms with van der Waals surface area (Å²) in [6.45, 7) is 2.52. The summed E-state index contributed by atoms with van der Waals surface area (Å²) in [6.07, 6.45) is 0.265. The Kier molecular flexibility index (Phi) is 4.08. The smallest absolute Gasteiger partial charge is 0.270 e. The van der Waals surface area contributed by atoms with E-state index >= 15 is 0 Å². The highest BCUT2D eigenvalue weighted by Gasteiger charge is 2.39. The first kappa shape index (κ1) is 14.6. The van der Waals surface area contributed by atoms with Crippen molar-refractivity contribution in [1.82, 2.24) is 10.3 Å². The molecule has 2 aromatic rings. The molecule has 112 valence electrons. The second-order valence-electron chi connectivity index (χ2n) is 5.10.